The highest BCUT2D eigenvalue weighted by Crippen LogP contribution is 2.53. The van der Waals surface area contributed by atoms with Crippen LogP contribution in [0, 0.1) is 23.7 Å². The summed E-state index contributed by atoms with van der Waals surface area (Å²) in [5.41, 5.74) is 5.63. The summed E-state index contributed by atoms with van der Waals surface area (Å²) in [4.78, 5) is 22.6. The molecule has 4 aliphatic carbocycles. The predicted molar refractivity (Wildman–Crippen MR) is 69.2 cm³/mol. The van der Waals surface area contributed by atoms with Gasteiger partial charge in [0.1, 0.15) is 0 Å². The van der Waals surface area contributed by atoms with Crippen LogP contribution in [0.3, 0.4) is 0 Å². The van der Waals surface area contributed by atoms with Gasteiger partial charge in [0.05, 0.1) is 12.5 Å². The summed E-state index contributed by atoms with van der Waals surface area (Å²) in [6, 6.07) is -0.685. The molecule has 0 aliphatic heterocycles. The Kier molecular flexibility index (Phi) is 3.25. The van der Waals surface area contributed by atoms with Crippen LogP contribution in [0.1, 0.15) is 38.5 Å². The van der Waals surface area contributed by atoms with Crippen molar-refractivity contribution in [3.8, 4) is 0 Å². The molecule has 4 fully saturated rings. The molecule has 106 valence electrons. The van der Waals surface area contributed by atoms with Crippen LogP contribution in [0.2, 0.25) is 0 Å². The Morgan fingerprint density at radius 2 is 1.63 bits per heavy atom. The molecule has 1 unspecified atom stereocenters. The monoisotopic (exact) mass is 266 g/mol. The Bertz CT molecular complexity index is 368. The molecular weight excluding hydrogens is 244 g/mol. The molecule has 0 heterocycles. The summed E-state index contributed by atoms with van der Waals surface area (Å²) in [5.74, 6) is 1.61. The van der Waals surface area contributed by atoms with Crippen molar-refractivity contribution in [3.63, 3.8) is 0 Å². The van der Waals surface area contributed by atoms with Crippen molar-refractivity contribution >= 4 is 11.9 Å². The number of carbonyl (C=O) groups excluding carboxylic acids is 1. The molecule has 4 N–H and O–H groups in total. The van der Waals surface area contributed by atoms with Gasteiger partial charge < -0.3 is 16.2 Å². The van der Waals surface area contributed by atoms with Gasteiger partial charge in [-0.1, -0.05) is 0 Å². The molecule has 4 rings (SSSR count). The fraction of sp³-hybridized carbons (Fsp3) is 0.857. The molecule has 0 spiro atoms. The Hall–Kier alpha value is -1.10. The summed E-state index contributed by atoms with van der Waals surface area (Å²) < 4.78 is 0. The summed E-state index contributed by atoms with van der Waals surface area (Å²) in [6.07, 6.45) is 6.00. The molecular formula is C14H22N2O3. The van der Waals surface area contributed by atoms with Crippen molar-refractivity contribution in [3.05, 3.63) is 0 Å². The summed E-state index contributed by atoms with van der Waals surface area (Å²) in [5, 5.41) is 11.7. The summed E-state index contributed by atoms with van der Waals surface area (Å²) >= 11 is 0. The van der Waals surface area contributed by atoms with E-state index in [0.29, 0.717) is 11.8 Å². The number of nitrogens with one attached hydrogen (secondary N) is 1. The quantitative estimate of drug-likeness (QED) is 0.699. The molecule has 0 radical (unpaired) electrons. The molecule has 5 nitrogen and oxygen atoms in total. The number of carbonyl (C=O) groups is 2. The number of rotatable bonds is 4. The second-order valence-corrected chi connectivity index (χ2v) is 6.67. The number of amides is 1. The lowest BCUT2D eigenvalue weighted by Gasteiger charge is -2.54. The van der Waals surface area contributed by atoms with Gasteiger partial charge in [-0.05, 0) is 55.8 Å². The van der Waals surface area contributed by atoms with E-state index in [9.17, 15) is 9.59 Å². The van der Waals surface area contributed by atoms with E-state index in [0.717, 1.165) is 11.8 Å². The molecule has 0 aromatic rings. The van der Waals surface area contributed by atoms with Crippen molar-refractivity contribution in [1.82, 2.24) is 5.32 Å². The molecule has 19 heavy (non-hydrogen) atoms. The zero-order valence-electron chi connectivity index (χ0n) is 11.0. The maximum Gasteiger partial charge on any atom is 0.305 e. The first-order valence-electron chi connectivity index (χ1n) is 7.30. The van der Waals surface area contributed by atoms with Crippen molar-refractivity contribution in [2.24, 2.45) is 29.4 Å². The van der Waals surface area contributed by atoms with Crippen LogP contribution in [0.4, 0.5) is 0 Å². The molecule has 4 bridgehead atoms. The minimum atomic E-state index is -1.02. The first-order chi connectivity index (χ1) is 9.02. The van der Waals surface area contributed by atoms with Gasteiger partial charge in [-0.3, -0.25) is 9.59 Å². The van der Waals surface area contributed by atoms with E-state index in [2.05, 4.69) is 5.32 Å². The van der Waals surface area contributed by atoms with E-state index >= 15 is 0 Å². The lowest BCUT2D eigenvalue weighted by atomic mass is 9.54. The topological polar surface area (TPSA) is 92.4 Å². The molecule has 4 aliphatic rings. The van der Waals surface area contributed by atoms with Crippen molar-refractivity contribution in [2.75, 3.05) is 0 Å². The predicted octanol–water partition coefficient (Wildman–Crippen LogP) is 0.729. The first kappa shape index (κ1) is 12.9. The van der Waals surface area contributed by atoms with Gasteiger partial charge in [-0.25, -0.2) is 0 Å². The highest BCUT2D eigenvalue weighted by Gasteiger charge is 2.48. The standard InChI is InChI=1S/C14H22N2O3/c15-11(6-12(17)18)14(19)16-13-9-2-7-1-8(4-9)5-10(13)3-7/h7-11,13H,1-6,15H2,(H,16,19)(H,17,18). The van der Waals surface area contributed by atoms with Crippen LogP contribution in [0.5, 0.6) is 0 Å². The highest BCUT2D eigenvalue weighted by atomic mass is 16.4. The van der Waals surface area contributed by atoms with Crippen LogP contribution >= 0.6 is 0 Å². The number of hydrogen-bond acceptors (Lipinski definition) is 3. The van der Waals surface area contributed by atoms with Crippen molar-refractivity contribution in [2.45, 2.75) is 50.6 Å². The Balaban J connectivity index is 1.61. The molecule has 0 saturated heterocycles. The Morgan fingerprint density at radius 1 is 1.11 bits per heavy atom. The van der Waals surface area contributed by atoms with E-state index in [1.165, 1.54) is 32.1 Å². The van der Waals surface area contributed by atoms with Crippen LogP contribution in [0.25, 0.3) is 0 Å². The van der Waals surface area contributed by atoms with E-state index in [1.54, 1.807) is 0 Å². The minimum Gasteiger partial charge on any atom is -0.481 e. The van der Waals surface area contributed by atoms with Gasteiger partial charge in [0, 0.05) is 6.04 Å². The number of nitrogens with two attached hydrogens (primary N) is 1. The van der Waals surface area contributed by atoms with E-state index in [-0.39, 0.29) is 18.4 Å². The SMILES string of the molecule is NC(CC(=O)O)C(=O)NC1C2CC3CC(C2)CC1C3. The minimum absolute atomic E-state index is 0.236. The normalized spacial score (nSPS) is 41.0. The molecule has 0 aromatic heterocycles. The van der Waals surface area contributed by atoms with Crippen LogP contribution in [-0.2, 0) is 9.59 Å². The average Bonchev–Trinajstić information content (AvgIpc) is 2.31. The van der Waals surface area contributed by atoms with Gasteiger partial charge in [0.25, 0.3) is 0 Å². The maximum absolute atomic E-state index is 12.0. The second kappa shape index (κ2) is 4.78. The maximum atomic E-state index is 12.0. The van der Waals surface area contributed by atoms with Gasteiger partial charge in [-0.15, -0.1) is 0 Å². The Morgan fingerprint density at radius 3 is 2.11 bits per heavy atom. The van der Waals surface area contributed by atoms with Crippen molar-refractivity contribution in [1.29, 1.82) is 0 Å². The zero-order valence-corrected chi connectivity index (χ0v) is 11.0. The van der Waals surface area contributed by atoms with Crippen LogP contribution in [0.15, 0.2) is 0 Å². The fourth-order valence-electron chi connectivity index (χ4n) is 4.71. The molecule has 1 atom stereocenters. The van der Waals surface area contributed by atoms with Gasteiger partial charge >= 0.3 is 5.97 Å². The third-order valence-corrected chi connectivity index (χ3v) is 5.27. The van der Waals surface area contributed by atoms with Gasteiger partial charge in [-0.2, -0.15) is 0 Å². The van der Waals surface area contributed by atoms with Crippen LogP contribution in [-0.4, -0.2) is 29.1 Å². The number of aliphatic carboxylic acids is 1. The van der Waals surface area contributed by atoms with E-state index in [4.69, 9.17) is 10.8 Å². The first-order valence-corrected chi connectivity index (χ1v) is 7.30. The summed E-state index contributed by atoms with van der Waals surface area (Å²) in [7, 11) is 0. The highest BCUT2D eigenvalue weighted by molar-refractivity contribution is 5.86. The largest absolute Gasteiger partial charge is 0.481 e. The number of hydrogen-bond donors (Lipinski definition) is 3. The number of carboxylic acid groups (broad SMARTS) is 1. The lowest BCUT2D eigenvalue weighted by Crippen LogP contribution is -2.58. The van der Waals surface area contributed by atoms with E-state index < -0.39 is 12.0 Å². The average molecular weight is 266 g/mol. The second-order valence-electron chi connectivity index (χ2n) is 6.67. The smallest absolute Gasteiger partial charge is 0.305 e. The molecule has 1 amide bonds. The van der Waals surface area contributed by atoms with Crippen LogP contribution < -0.4 is 11.1 Å². The zero-order chi connectivity index (χ0) is 13.6. The molecule has 5 heteroatoms. The van der Waals surface area contributed by atoms with Crippen molar-refractivity contribution < 1.29 is 14.7 Å². The third kappa shape index (κ3) is 2.48. The lowest BCUT2D eigenvalue weighted by molar-refractivity contribution is -0.140. The Labute approximate surface area is 112 Å². The molecule has 0 aromatic carbocycles. The van der Waals surface area contributed by atoms with Gasteiger partial charge in [0.2, 0.25) is 5.91 Å². The van der Waals surface area contributed by atoms with E-state index in [1.807, 2.05) is 0 Å². The van der Waals surface area contributed by atoms with Gasteiger partial charge in [0.15, 0.2) is 0 Å². The molecule has 4 saturated carbocycles. The number of carboxylic acids is 1. The third-order valence-electron chi connectivity index (χ3n) is 5.27. The summed E-state index contributed by atoms with van der Waals surface area (Å²) in [6.45, 7) is 0. The fourth-order valence-corrected chi connectivity index (χ4v) is 4.71.